The first-order valence-electron chi connectivity index (χ1n) is 10.9. The summed E-state index contributed by atoms with van der Waals surface area (Å²) in [5.74, 6) is -0.153. The van der Waals surface area contributed by atoms with E-state index >= 15 is 0 Å². The zero-order valence-corrected chi connectivity index (χ0v) is 18.5. The molecule has 7 nitrogen and oxygen atoms in total. The van der Waals surface area contributed by atoms with E-state index in [1.165, 1.54) is 16.7 Å². The van der Waals surface area contributed by atoms with E-state index in [1.807, 2.05) is 35.2 Å². The second kappa shape index (κ2) is 9.53. The lowest BCUT2D eigenvalue weighted by Gasteiger charge is -2.32. The van der Waals surface area contributed by atoms with E-state index in [1.54, 1.807) is 13.1 Å². The number of nitrogens with zero attached hydrogens (tertiary/aromatic N) is 4. The fourth-order valence-corrected chi connectivity index (χ4v) is 4.16. The Morgan fingerprint density at radius 2 is 1.85 bits per heavy atom. The van der Waals surface area contributed by atoms with Crippen LogP contribution in [0.1, 0.15) is 24.0 Å². The zero-order chi connectivity index (χ0) is 23.5. The van der Waals surface area contributed by atoms with Gasteiger partial charge in [0.05, 0.1) is 16.8 Å². The third-order valence-corrected chi connectivity index (χ3v) is 6.10. The van der Waals surface area contributed by atoms with Crippen molar-refractivity contribution in [3.63, 3.8) is 0 Å². The van der Waals surface area contributed by atoms with Crippen LogP contribution < -0.4 is 16.2 Å². The first-order chi connectivity index (χ1) is 15.9. The summed E-state index contributed by atoms with van der Waals surface area (Å²) in [6, 6.07) is 13.5. The molecule has 2 heterocycles. The molecule has 170 valence electrons. The van der Waals surface area contributed by atoms with Crippen LogP contribution in [0.2, 0.25) is 0 Å². The number of hydrogen-bond acceptors (Lipinski definition) is 6. The normalized spacial score (nSPS) is 14.3. The van der Waals surface area contributed by atoms with Crippen molar-refractivity contribution in [2.45, 2.75) is 25.3 Å². The van der Waals surface area contributed by atoms with Gasteiger partial charge in [-0.15, -0.1) is 0 Å². The van der Waals surface area contributed by atoms with Gasteiger partial charge in [-0.05, 0) is 42.5 Å². The van der Waals surface area contributed by atoms with Crippen molar-refractivity contribution in [2.75, 3.05) is 24.6 Å². The van der Waals surface area contributed by atoms with Gasteiger partial charge >= 0.3 is 0 Å². The van der Waals surface area contributed by atoms with Crippen LogP contribution in [0.25, 0.3) is 22.4 Å². The summed E-state index contributed by atoms with van der Waals surface area (Å²) >= 11 is 0. The highest BCUT2D eigenvalue weighted by atomic mass is 19.1. The minimum absolute atomic E-state index is 0.0344. The van der Waals surface area contributed by atoms with Gasteiger partial charge in [-0.2, -0.15) is 5.26 Å². The summed E-state index contributed by atoms with van der Waals surface area (Å²) in [5.41, 5.74) is 8.47. The van der Waals surface area contributed by atoms with Crippen molar-refractivity contribution >= 4 is 5.95 Å². The highest BCUT2D eigenvalue weighted by Gasteiger charge is 2.24. The molecule has 0 aliphatic carbocycles. The van der Waals surface area contributed by atoms with E-state index in [-0.39, 0.29) is 23.8 Å². The Labute approximate surface area is 191 Å². The summed E-state index contributed by atoms with van der Waals surface area (Å²) in [6.07, 6.45) is 2.11. The molecule has 1 fully saturated rings. The number of nitriles is 1. The van der Waals surface area contributed by atoms with Gasteiger partial charge < -0.3 is 15.7 Å². The Morgan fingerprint density at radius 3 is 2.45 bits per heavy atom. The number of anilines is 1. The van der Waals surface area contributed by atoms with Gasteiger partial charge in [0.15, 0.2) is 0 Å². The fraction of sp³-hybridized carbons (Fsp3) is 0.320. The van der Waals surface area contributed by atoms with Crippen molar-refractivity contribution in [3.8, 4) is 28.5 Å². The molecule has 0 radical (unpaired) electrons. The molecule has 1 saturated heterocycles. The molecule has 1 aliphatic rings. The molecule has 33 heavy (non-hydrogen) atoms. The van der Waals surface area contributed by atoms with Crippen LogP contribution in [0, 0.1) is 17.1 Å². The lowest BCUT2D eigenvalue weighted by atomic mass is 9.98. The third-order valence-electron chi connectivity index (χ3n) is 6.10. The molecule has 3 N–H and O–H groups in total. The summed E-state index contributed by atoms with van der Waals surface area (Å²) in [4.78, 5) is 20.5. The maximum atomic E-state index is 14.5. The molecule has 0 spiro atoms. The largest absolute Gasteiger partial charge is 0.396 e. The minimum atomic E-state index is -0.660. The van der Waals surface area contributed by atoms with E-state index in [0.717, 1.165) is 18.4 Å². The molecule has 0 atom stereocenters. The Kier molecular flexibility index (Phi) is 6.54. The maximum absolute atomic E-state index is 14.5. The Balaban J connectivity index is 1.91. The summed E-state index contributed by atoms with van der Waals surface area (Å²) in [6.45, 7) is 1.39. The first kappa shape index (κ1) is 22.6. The standard InChI is InChI=1S/C25H26FN5O2/c1-30-24(33)22(17-4-2-16(3-5-17)10-13-32)23(18-6-7-19(15-27)21(26)14-18)29-25(30)31-11-8-20(28)9-12-31/h2-7,14,20,32H,8-13,28H2,1H3. The average molecular weight is 448 g/mol. The van der Waals surface area contributed by atoms with Crippen molar-refractivity contribution in [1.29, 1.82) is 5.26 Å². The van der Waals surface area contributed by atoms with Gasteiger partial charge in [0, 0.05) is 38.3 Å². The van der Waals surface area contributed by atoms with Gasteiger partial charge in [0.25, 0.3) is 5.56 Å². The quantitative estimate of drug-likeness (QED) is 0.622. The van der Waals surface area contributed by atoms with E-state index < -0.39 is 5.82 Å². The molecule has 0 unspecified atom stereocenters. The average Bonchev–Trinajstić information content (AvgIpc) is 2.82. The number of hydrogen-bond donors (Lipinski definition) is 2. The monoisotopic (exact) mass is 447 g/mol. The van der Waals surface area contributed by atoms with E-state index in [9.17, 15) is 14.3 Å². The molecule has 0 bridgehead atoms. The molecule has 1 aliphatic heterocycles. The smallest absolute Gasteiger partial charge is 0.263 e. The predicted molar refractivity (Wildman–Crippen MR) is 125 cm³/mol. The first-order valence-corrected chi connectivity index (χ1v) is 10.9. The highest BCUT2D eigenvalue weighted by molar-refractivity contribution is 5.81. The van der Waals surface area contributed by atoms with Gasteiger partial charge in [0.2, 0.25) is 5.95 Å². The lowest BCUT2D eigenvalue weighted by Crippen LogP contribution is -2.42. The lowest BCUT2D eigenvalue weighted by molar-refractivity contribution is 0.299. The molecule has 8 heteroatoms. The van der Waals surface area contributed by atoms with Gasteiger partial charge in [-0.1, -0.05) is 30.3 Å². The molecule has 1 aromatic heterocycles. The Hall–Kier alpha value is -3.54. The molecule has 0 amide bonds. The van der Waals surface area contributed by atoms with E-state index in [4.69, 9.17) is 16.0 Å². The van der Waals surface area contributed by atoms with Crippen LogP contribution in [-0.4, -0.2) is 40.4 Å². The molecule has 0 saturated carbocycles. The number of benzene rings is 2. The molecular weight excluding hydrogens is 421 g/mol. The van der Waals surface area contributed by atoms with Crippen molar-refractivity contribution in [1.82, 2.24) is 9.55 Å². The SMILES string of the molecule is Cn1c(N2CCC(N)CC2)nc(-c2ccc(C#N)c(F)c2)c(-c2ccc(CCO)cc2)c1=O. The van der Waals surface area contributed by atoms with E-state index in [0.29, 0.717) is 47.8 Å². The Bertz CT molecular complexity index is 1260. The number of nitrogens with two attached hydrogens (primary N) is 1. The fourth-order valence-electron chi connectivity index (χ4n) is 4.16. The van der Waals surface area contributed by atoms with Crippen LogP contribution in [0.4, 0.5) is 10.3 Å². The van der Waals surface area contributed by atoms with Crippen molar-refractivity contribution < 1.29 is 9.50 Å². The molecular formula is C25H26FN5O2. The minimum Gasteiger partial charge on any atom is -0.396 e. The number of aromatic nitrogens is 2. The highest BCUT2D eigenvalue weighted by Crippen LogP contribution is 2.31. The van der Waals surface area contributed by atoms with Gasteiger partial charge in [-0.3, -0.25) is 9.36 Å². The molecule has 4 rings (SSSR count). The molecule has 3 aromatic rings. The van der Waals surface area contributed by atoms with Crippen LogP contribution in [-0.2, 0) is 13.5 Å². The van der Waals surface area contributed by atoms with Crippen LogP contribution in [0.15, 0.2) is 47.3 Å². The van der Waals surface area contributed by atoms with Gasteiger partial charge in [0.1, 0.15) is 11.9 Å². The number of aliphatic hydroxyl groups is 1. The van der Waals surface area contributed by atoms with Crippen LogP contribution >= 0.6 is 0 Å². The zero-order valence-electron chi connectivity index (χ0n) is 18.5. The number of aliphatic hydroxyl groups excluding tert-OH is 1. The maximum Gasteiger partial charge on any atom is 0.263 e. The summed E-state index contributed by atoms with van der Waals surface area (Å²) in [7, 11) is 1.69. The van der Waals surface area contributed by atoms with E-state index in [2.05, 4.69) is 0 Å². The van der Waals surface area contributed by atoms with Gasteiger partial charge in [-0.25, -0.2) is 9.37 Å². The van der Waals surface area contributed by atoms with Crippen LogP contribution in [0.3, 0.4) is 0 Å². The second-order valence-electron chi connectivity index (χ2n) is 8.30. The third kappa shape index (κ3) is 4.51. The molecule has 2 aromatic carbocycles. The predicted octanol–water partition coefficient (Wildman–Crippen LogP) is 2.59. The van der Waals surface area contributed by atoms with Crippen molar-refractivity contribution in [2.24, 2.45) is 12.8 Å². The Morgan fingerprint density at radius 1 is 1.18 bits per heavy atom. The van der Waals surface area contributed by atoms with Crippen molar-refractivity contribution in [3.05, 3.63) is 69.8 Å². The van der Waals surface area contributed by atoms with Crippen LogP contribution in [0.5, 0.6) is 0 Å². The number of rotatable bonds is 5. The number of halogens is 1. The topological polar surface area (TPSA) is 108 Å². The summed E-state index contributed by atoms with van der Waals surface area (Å²) < 4.78 is 16.0. The summed E-state index contributed by atoms with van der Waals surface area (Å²) in [5, 5.41) is 18.3. The second-order valence-corrected chi connectivity index (χ2v) is 8.30. The number of piperidine rings is 1.